The summed E-state index contributed by atoms with van der Waals surface area (Å²) in [4.78, 5) is 2.29. The highest BCUT2D eigenvalue weighted by Crippen LogP contribution is 2.18. The highest BCUT2D eigenvalue weighted by Gasteiger charge is 2.07. The van der Waals surface area contributed by atoms with Crippen LogP contribution < -0.4 is 5.32 Å². The Morgan fingerprint density at radius 2 is 2.11 bits per heavy atom. The van der Waals surface area contributed by atoms with Gasteiger partial charge in [0.05, 0.1) is 0 Å². The molecule has 18 heavy (non-hydrogen) atoms. The maximum atomic E-state index is 13.0. The Morgan fingerprint density at radius 3 is 2.67 bits per heavy atom. The highest BCUT2D eigenvalue weighted by molar-refractivity contribution is 6.31. The molecule has 1 aromatic rings. The maximum absolute atomic E-state index is 13.0. The number of likely N-dealkylation sites (N-methyl/N-ethyl adjacent to an activating group) is 1. The molecule has 0 fully saturated rings. The predicted molar refractivity (Wildman–Crippen MR) is 75.5 cm³/mol. The topological polar surface area (TPSA) is 15.3 Å². The van der Waals surface area contributed by atoms with Crippen molar-refractivity contribution in [1.29, 1.82) is 0 Å². The summed E-state index contributed by atoms with van der Waals surface area (Å²) in [6.07, 6.45) is 0. The summed E-state index contributed by atoms with van der Waals surface area (Å²) >= 11 is 6.03. The second-order valence-corrected chi connectivity index (χ2v) is 5.12. The van der Waals surface area contributed by atoms with E-state index in [4.69, 9.17) is 11.6 Å². The van der Waals surface area contributed by atoms with Gasteiger partial charge in [-0.25, -0.2) is 4.39 Å². The Balaban J connectivity index is 2.51. The Hall–Kier alpha value is -0.640. The van der Waals surface area contributed by atoms with Crippen LogP contribution in [-0.2, 0) is 6.54 Å². The van der Waals surface area contributed by atoms with E-state index in [2.05, 4.69) is 31.0 Å². The predicted octanol–water partition coefficient (Wildman–Crippen LogP) is 3.30. The lowest BCUT2D eigenvalue weighted by atomic mass is 10.2. The molecule has 1 rings (SSSR count). The quantitative estimate of drug-likeness (QED) is 0.819. The van der Waals surface area contributed by atoms with E-state index in [9.17, 15) is 4.39 Å². The molecule has 0 heterocycles. The van der Waals surface area contributed by atoms with Crippen molar-refractivity contribution in [2.24, 2.45) is 0 Å². The van der Waals surface area contributed by atoms with Gasteiger partial charge in [-0.3, -0.25) is 4.90 Å². The van der Waals surface area contributed by atoms with Gasteiger partial charge >= 0.3 is 0 Å². The van der Waals surface area contributed by atoms with Crippen molar-refractivity contribution >= 4 is 11.6 Å². The summed E-state index contributed by atoms with van der Waals surface area (Å²) in [5, 5.41) is 3.89. The standard InChI is InChI=1S/C14H22ClFN2/c1-4-18(8-7-17-11(2)3)10-12-5-6-13(16)9-14(12)15/h5-6,9,11,17H,4,7-8,10H2,1-3H3. The third kappa shape index (κ3) is 5.34. The number of benzene rings is 1. The lowest BCUT2D eigenvalue weighted by Gasteiger charge is -2.22. The molecule has 0 aliphatic rings. The average molecular weight is 273 g/mol. The molecule has 0 amide bonds. The first kappa shape index (κ1) is 15.4. The summed E-state index contributed by atoms with van der Waals surface area (Å²) in [6.45, 7) is 10.0. The van der Waals surface area contributed by atoms with E-state index >= 15 is 0 Å². The van der Waals surface area contributed by atoms with Gasteiger partial charge in [0.1, 0.15) is 5.82 Å². The van der Waals surface area contributed by atoms with Gasteiger partial charge in [0.2, 0.25) is 0 Å². The lowest BCUT2D eigenvalue weighted by Crippen LogP contribution is -2.34. The monoisotopic (exact) mass is 272 g/mol. The van der Waals surface area contributed by atoms with Crippen molar-refractivity contribution < 1.29 is 4.39 Å². The van der Waals surface area contributed by atoms with Gasteiger partial charge in [-0.15, -0.1) is 0 Å². The van der Waals surface area contributed by atoms with Crippen molar-refractivity contribution in [2.45, 2.75) is 33.4 Å². The van der Waals surface area contributed by atoms with Crippen LogP contribution in [0.1, 0.15) is 26.3 Å². The van der Waals surface area contributed by atoms with Crippen molar-refractivity contribution in [3.05, 3.63) is 34.6 Å². The third-order valence-corrected chi connectivity index (χ3v) is 3.19. The van der Waals surface area contributed by atoms with Crippen LogP contribution in [0.2, 0.25) is 5.02 Å². The molecule has 102 valence electrons. The molecule has 0 aromatic heterocycles. The van der Waals surface area contributed by atoms with E-state index < -0.39 is 0 Å². The Morgan fingerprint density at radius 1 is 1.39 bits per heavy atom. The van der Waals surface area contributed by atoms with Gasteiger partial charge in [-0.05, 0) is 24.2 Å². The molecule has 0 aliphatic carbocycles. The van der Waals surface area contributed by atoms with E-state index in [0.29, 0.717) is 11.1 Å². The number of nitrogens with zero attached hydrogens (tertiary/aromatic N) is 1. The van der Waals surface area contributed by atoms with Gasteiger partial charge in [-0.2, -0.15) is 0 Å². The molecule has 0 radical (unpaired) electrons. The van der Waals surface area contributed by atoms with Crippen molar-refractivity contribution in [3.8, 4) is 0 Å². The van der Waals surface area contributed by atoms with E-state index in [1.165, 1.54) is 12.1 Å². The Kier molecular flexibility index (Phi) is 6.61. The molecule has 0 unspecified atom stereocenters. The summed E-state index contributed by atoms with van der Waals surface area (Å²) in [7, 11) is 0. The Labute approximate surface area is 114 Å². The van der Waals surface area contributed by atoms with Gasteiger partial charge in [0.15, 0.2) is 0 Å². The second kappa shape index (κ2) is 7.72. The first-order chi connectivity index (χ1) is 8.52. The largest absolute Gasteiger partial charge is 0.313 e. The zero-order chi connectivity index (χ0) is 13.5. The number of hydrogen-bond acceptors (Lipinski definition) is 2. The fourth-order valence-corrected chi connectivity index (χ4v) is 1.98. The van der Waals surface area contributed by atoms with Gasteiger partial charge < -0.3 is 5.32 Å². The Bertz CT molecular complexity index is 369. The molecule has 0 atom stereocenters. The van der Waals surface area contributed by atoms with E-state index in [1.54, 1.807) is 6.07 Å². The molecule has 1 N–H and O–H groups in total. The second-order valence-electron chi connectivity index (χ2n) is 4.71. The fourth-order valence-electron chi connectivity index (χ4n) is 1.75. The zero-order valence-electron chi connectivity index (χ0n) is 11.3. The van der Waals surface area contributed by atoms with Crippen molar-refractivity contribution in [3.63, 3.8) is 0 Å². The molecule has 0 saturated heterocycles. The van der Waals surface area contributed by atoms with Gasteiger partial charge in [0.25, 0.3) is 0 Å². The van der Waals surface area contributed by atoms with Crippen LogP contribution in [0.3, 0.4) is 0 Å². The fraction of sp³-hybridized carbons (Fsp3) is 0.571. The van der Waals surface area contributed by atoms with Crippen LogP contribution in [0, 0.1) is 5.82 Å². The summed E-state index contributed by atoms with van der Waals surface area (Å²) in [5.74, 6) is -0.284. The molecular weight excluding hydrogens is 251 g/mol. The zero-order valence-corrected chi connectivity index (χ0v) is 12.1. The molecule has 0 aliphatic heterocycles. The molecular formula is C14H22ClFN2. The minimum Gasteiger partial charge on any atom is -0.313 e. The first-order valence-electron chi connectivity index (χ1n) is 6.42. The minimum atomic E-state index is -0.284. The van der Waals surface area contributed by atoms with Crippen LogP contribution in [0.4, 0.5) is 4.39 Å². The summed E-state index contributed by atoms with van der Waals surface area (Å²) in [5.41, 5.74) is 0.976. The van der Waals surface area contributed by atoms with Crippen LogP contribution in [0.5, 0.6) is 0 Å². The smallest absolute Gasteiger partial charge is 0.124 e. The molecule has 1 aromatic carbocycles. The maximum Gasteiger partial charge on any atom is 0.124 e. The highest BCUT2D eigenvalue weighted by atomic mass is 35.5. The van der Waals surface area contributed by atoms with Gasteiger partial charge in [-0.1, -0.05) is 38.4 Å². The average Bonchev–Trinajstić information content (AvgIpc) is 2.30. The molecule has 2 nitrogen and oxygen atoms in total. The van der Waals surface area contributed by atoms with Crippen molar-refractivity contribution in [2.75, 3.05) is 19.6 Å². The third-order valence-electron chi connectivity index (χ3n) is 2.84. The number of halogens is 2. The summed E-state index contributed by atoms with van der Waals surface area (Å²) < 4.78 is 13.0. The van der Waals surface area contributed by atoms with Crippen molar-refractivity contribution in [1.82, 2.24) is 10.2 Å². The van der Waals surface area contributed by atoms with Crippen LogP contribution >= 0.6 is 11.6 Å². The van der Waals surface area contributed by atoms with Crippen LogP contribution in [0.25, 0.3) is 0 Å². The SMILES string of the molecule is CCN(CCNC(C)C)Cc1ccc(F)cc1Cl. The van der Waals surface area contributed by atoms with E-state index in [0.717, 1.165) is 31.7 Å². The number of nitrogens with one attached hydrogen (secondary N) is 1. The lowest BCUT2D eigenvalue weighted by molar-refractivity contribution is 0.276. The van der Waals surface area contributed by atoms with E-state index in [-0.39, 0.29) is 5.82 Å². The number of hydrogen-bond donors (Lipinski definition) is 1. The molecule has 0 saturated carbocycles. The normalized spacial score (nSPS) is 11.5. The van der Waals surface area contributed by atoms with Crippen LogP contribution in [-0.4, -0.2) is 30.6 Å². The van der Waals surface area contributed by atoms with Gasteiger partial charge in [0, 0.05) is 30.7 Å². The molecule has 4 heteroatoms. The number of rotatable bonds is 7. The first-order valence-corrected chi connectivity index (χ1v) is 6.80. The van der Waals surface area contributed by atoms with Crippen LogP contribution in [0.15, 0.2) is 18.2 Å². The minimum absolute atomic E-state index is 0.284. The molecule has 0 bridgehead atoms. The summed E-state index contributed by atoms with van der Waals surface area (Å²) in [6, 6.07) is 5.09. The van der Waals surface area contributed by atoms with E-state index in [1.807, 2.05) is 0 Å². The molecule has 0 spiro atoms.